The summed E-state index contributed by atoms with van der Waals surface area (Å²) in [6, 6.07) is 5.42. The highest BCUT2D eigenvalue weighted by Crippen LogP contribution is 2.25. The maximum absolute atomic E-state index is 9.05. The third-order valence-corrected chi connectivity index (χ3v) is 3.26. The lowest BCUT2D eigenvalue weighted by Gasteiger charge is -2.03. The highest BCUT2D eigenvalue weighted by molar-refractivity contribution is 7.99. The predicted molar refractivity (Wildman–Crippen MR) is 62.2 cm³/mol. The molecule has 6 heteroatoms. The third-order valence-electron chi connectivity index (χ3n) is 2.26. The van der Waals surface area contributed by atoms with Crippen LogP contribution in [0.25, 0.3) is 0 Å². The Labute approximate surface area is 103 Å². The second kappa shape index (κ2) is 4.99. The van der Waals surface area contributed by atoms with E-state index in [1.54, 1.807) is 29.1 Å². The highest BCUT2D eigenvalue weighted by Gasteiger charge is 2.08. The van der Waals surface area contributed by atoms with Gasteiger partial charge in [-0.3, -0.25) is 0 Å². The van der Waals surface area contributed by atoms with Crippen LogP contribution in [0.15, 0.2) is 34.7 Å². The molecule has 0 fully saturated rings. The molecule has 5 nitrogen and oxygen atoms in total. The number of hydrogen-bond acceptors (Lipinski definition) is 5. The molecule has 0 radical (unpaired) electrons. The van der Waals surface area contributed by atoms with Gasteiger partial charge in [0, 0.05) is 13.2 Å². The van der Waals surface area contributed by atoms with Crippen molar-refractivity contribution >= 4 is 11.8 Å². The zero-order chi connectivity index (χ0) is 12.3. The Morgan fingerprint density at radius 3 is 3.00 bits per heavy atom. The molecule has 0 spiro atoms. The summed E-state index contributed by atoms with van der Waals surface area (Å²) in [6.07, 6.45) is 3.22. The summed E-state index contributed by atoms with van der Waals surface area (Å²) in [5.41, 5.74) is 1.31. The summed E-state index contributed by atoms with van der Waals surface area (Å²) in [6.45, 7) is -0.0459. The van der Waals surface area contributed by atoms with E-state index in [1.807, 2.05) is 7.05 Å². The smallest absolute Gasteiger partial charge is 0.174 e. The Balaban J connectivity index is 2.25. The molecular formula is C11H10N4OS. The van der Waals surface area contributed by atoms with Gasteiger partial charge in [0.25, 0.3) is 0 Å². The summed E-state index contributed by atoms with van der Waals surface area (Å²) in [5, 5.41) is 19.3. The lowest BCUT2D eigenvalue weighted by molar-refractivity contribution is 0.271. The highest BCUT2D eigenvalue weighted by atomic mass is 32.2. The Hall–Kier alpha value is -1.84. The Kier molecular flexibility index (Phi) is 3.42. The summed E-state index contributed by atoms with van der Waals surface area (Å²) >= 11 is 1.36. The van der Waals surface area contributed by atoms with Crippen LogP contribution >= 0.6 is 11.8 Å². The van der Waals surface area contributed by atoms with E-state index in [1.165, 1.54) is 11.8 Å². The molecule has 2 rings (SSSR count). The molecule has 2 aromatic heterocycles. The minimum absolute atomic E-state index is 0.0459. The number of imidazole rings is 1. The molecule has 0 aliphatic carbocycles. The maximum Gasteiger partial charge on any atom is 0.174 e. The fourth-order valence-electron chi connectivity index (χ4n) is 1.30. The molecule has 17 heavy (non-hydrogen) atoms. The number of nitriles is 1. The summed E-state index contributed by atoms with van der Waals surface area (Å²) in [7, 11) is 1.83. The average molecular weight is 246 g/mol. The Morgan fingerprint density at radius 1 is 1.53 bits per heavy atom. The van der Waals surface area contributed by atoms with Crippen LogP contribution in [0.3, 0.4) is 0 Å². The van der Waals surface area contributed by atoms with Crippen molar-refractivity contribution in [1.29, 1.82) is 5.26 Å². The zero-order valence-corrected chi connectivity index (χ0v) is 9.98. The molecule has 0 aliphatic heterocycles. The number of rotatable bonds is 3. The number of aromatic nitrogens is 3. The van der Waals surface area contributed by atoms with Crippen molar-refractivity contribution in [2.24, 2.45) is 7.05 Å². The normalized spacial score (nSPS) is 10.2. The standard InChI is InChI=1S/C11H10N4OS/c1-15-9(7-16)6-14-11(15)17-10-4-8(5-12)2-3-13-10/h2-4,6,16H,7H2,1H3. The van der Waals surface area contributed by atoms with E-state index in [-0.39, 0.29) is 6.61 Å². The fourth-order valence-corrected chi connectivity index (χ4v) is 2.14. The molecule has 0 saturated heterocycles. The van der Waals surface area contributed by atoms with Gasteiger partial charge in [0.2, 0.25) is 0 Å². The van der Waals surface area contributed by atoms with E-state index in [0.29, 0.717) is 10.6 Å². The van der Waals surface area contributed by atoms with Gasteiger partial charge in [-0.15, -0.1) is 0 Å². The minimum atomic E-state index is -0.0459. The lowest BCUT2D eigenvalue weighted by Crippen LogP contribution is -1.97. The van der Waals surface area contributed by atoms with Crippen LogP contribution in [-0.4, -0.2) is 19.6 Å². The quantitative estimate of drug-likeness (QED) is 0.884. The second-order valence-corrected chi connectivity index (χ2v) is 4.33. The van der Waals surface area contributed by atoms with Crippen molar-refractivity contribution in [3.05, 3.63) is 35.8 Å². The number of hydrogen-bond donors (Lipinski definition) is 1. The van der Waals surface area contributed by atoms with Crippen molar-refractivity contribution < 1.29 is 5.11 Å². The van der Waals surface area contributed by atoms with Crippen LogP contribution in [0.5, 0.6) is 0 Å². The number of nitrogens with zero attached hydrogens (tertiary/aromatic N) is 4. The first-order chi connectivity index (χ1) is 8.24. The monoisotopic (exact) mass is 246 g/mol. The summed E-state index contributed by atoms with van der Waals surface area (Å²) < 4.78 is 1.80. The molecule has 0 saturated carbocycles. The fraction of sp³-hybridized carbons (Fsp3) is 0.182. The van der Waals surface area contributed by atoms with Gasteiger partial charge in [0.15, 0.2) is 5.16 Å². The van der Waals surface area contributed by atoms with Crippen LogP contribution in [0.4, 0.5) is 0 Å². The van der Waals surface area contributed by atoms with Gasteiger partial charge in [0.1, 0.15) is 5.03 Å². The molecule has 86 valence electrons. The molecule has 0 aliphatic rings. The molecular weight excluding hydrogens is 236 g/mol. The van der Waals surface area contributed by atoms with E-state index in [4.69, 9.17) is 10.4 Å². The van der Waals surface area contributed by atoms with Gasteiger partial charge in [-0.2, -0.15) is 5.26 Å². The first-order valence-corrected chi connectivity index (χ1v) is 5.71. The van der Waals surface area contributed by atoms with Crippen LogP contribution < -0.4 is 0 Å². The SMILES string of the molecule is Cn1c(CO)cnc1Sc1cc(C#N)ccn1. The van der Waals surface area contributed by atoms with Crippen LogP contribution in [0, 0.1) is 11.3 Å². The van der Waals surface area contributed by atoms with Crippen LogP contribution in [-0.2, 0) is 13.7 Å². The first-order valence-electron chi connectivity index (χ1n) is 4.90. The van der Waals surface area contributed by atoms with Crippen molar-refractivity contribution in [3.8, 4) is 6.07 Å². The van der Waals surface area contributed by atoms with E-state index in [9.17, 15) is 0 Å². The van der Waals surface area contributed by atoms with Gasteiger partial charge in [0.05, 0.1) is 30.1 Å². The molecule has 0 aromatic carbocycles. The number of aliphatic hydroxyl groups excluding tert-OH is 1. The Bertz CT molecular complexity index is 573. The van der Waals surface area contributed by atoms with Crippen molar-refractivity contribution in [3.63, 3.8) is 0 Å². The molecule has 1 N–H and O–H groups in total. The number of pyridine rings is 1. The van der Waals surface area contributed by atoms with Crippen molar-refractivity contribution in [2.75, 3.05) is 0 Å². The van der Waals surface area contributed by atoms with Gasteiger partial charge in [-0.1, -0.05) is 0 Å². The Morgan fingerprint density at radius 2 is 2.35 bits per heavy atom. The van der Waals surface area contributed by atoms with Gasteiger partial charge < -0.3 is 9.67 Å². The molecule has 2 aromatic rings. The summed E-state index contributed by atoms with van der Waals surface area (Å²) in [5.74, 6) is 0. The maximum atomic E-state index is 9.05. The summed E-state index contributed by atoms with van der Waals surface area (Å²) in [4.78, 5) is 8.34. The predicted octanol–water partition coefficient (Wildman–Crippen LogP) is 1.33. The third kappa shape index (κ3) is 2.46. The molecule has 2 heterocycles. The minimum Gasteiger partial charge on any atom is -0.390 e. The van der Waals surface area contributed by atoms with E-state index >= 15 is 0 Å². The van der Waals surface area contributed by atoms with Crippen LogP contribution in [0.2, 0.25) is 0 Å². The van der Waals surface area contributed by atoms with Crippen molar-refractivity contribution in [1.82, 2.24) is 14.5 Å². The first kappa shape index (κ1) is 11.6. The van der Waals surface area contributed by atoms with Crippen molar-refractivity contribution in [2.45, 2.75) is 16.8 Å². The van der Waals surface area contributed by atoms with Gasteiger partial charge in [-0.05, 0) is 23.9 Å². The van der Waals surface area contributed by atoms with E-state index < -0.39 is 0 Å². The average Bonchev–Trinajstić information content (AvgIpc) is 2.71. The van der Waals surface area contributed by atoms with E-state index in [2.05, 4.69) is 16.0 Å². The van der Waals surface area contributed by atoms with Gasteiger partial charge >= 0.3 is 0 Å². The largest absolute Gasteiger partial charge is 0.390 e. The second-order valence-electron chi connectivity index (χ2n) is 3.35. The van der Waals surface area contributed by atoms with Crippen LogP contribution in [0.1, 0.15) is 11.3 Å². The molecule has 0 atom stereocenters. The molecule has 0 unspecified atom stereocenters. The molecule has 0 bridgehead atoms. The lowest BCUT2D eigenvalue weighted by atomic mass is 10.3. The van der Waals surface area contributed by atoms with Gasteiger partial charge in [-0.25, -0.2) is 9.97 Å². The molecule has 0 amide bonds. The number of aliphatic hydroxyl groups is 1. The zero-order valence-electron chi connectivity index (χ0n) is 9.16. The topological polar surface area (TPSA) is 74.7 Å². The van der Waals surface area contributed by atoms with E-state index in [0.717, 1.165) is 10.9 Å².